The summed E-state index contributed by atoms with van der Waals surface area (Å²) in [4.78, 5) is 13.2. The van der Waals surface area contributed by atoms with Crippen molar-refractivity contribution in [1.82, 2.24) is 25.1 Å². The molecule has 0 spiro atoms. The Balaban J connectivity index is 1.98. The topological polar surface area (TPSA) is 105 Å². The highest BCUT2D eigenvalue weighted by atomic mass is 15.1. The predicted molar refractivity (Wildman–Crippen MR) is 86.4 cm³/mol. The fraction of sp³-hybridized carbons (Fsp3) is 0.333. The summed E-state index contributed by atoms with van der Waals surface area (Å²) in [7, 11) is 0. The van der Waals surface area contributed by atoms with Gasteiger partial charge in [-0.05, 0) is 26.8 Å². The highest BCUT2D eigenvalue weighted by Crippen LogP contribution is 2.23. The summed E-state index contributed by atoms with van der Waals surface area (Å²) in [5.74, 6) is 0.692. The smallest absolute Gasteiger partial charge is 0.181 e. The monoisotopic (exact) mass is 297 g/mol. The van der Waals surface area contributed by atoms with E-state index in [4.69, 9.17) is 5.73 Å². The second-order valence-electron chi connectivity index (χ2n) is 5.95. The molecule has 0 atom stereocenters. The summed E-state index contributed by atoms with van der Waals surface area (Å²) in [5.41, 5.74) is 8.84. The zero-order valence-electron chi connectivity index (χ0n) is 12.9. The van der Waals surface area contributed by atoms with Crippen molar-refractivity contribution in [2.75, 3.05) is 11.9 Å². The number of aromatic amines is 1. The second-order valence-corrected chi connectivity index (χ2v) is 5.95. The van der Waals surface area contributed by atoms with E-state index < -0.39 is 0 Å². The molecule has 114 valence electrons. The average molecular weight is 297 g/mol. The van der Waals surface area contributed by atoms with Crippen LogP contribution in [0.25, 0.3) is 22.3 Å². The summed E-state index contributed by atoms with van der Waals surface area (Å²) in [6.07, 6.45) is 5.17. The molecular weight excluding hydrogens is 278 g/mol. The number of hydrogen-bond acceptors (Lipinski definition) is 6. The van der Waals surface area contributed by atoms with Gasteiger partial charge in [-0.3, -0.25) is 10.1 Å². The summed E-state index contributed by atoms with van der Waals surface area (Å²) in [5, 5.41) is 11.3. The van der Waals surface area contributed by atoms with Crippen LogP contribution in [0.1, 0.15) is 19.5 Å². The van der Waals surface area contributed by atoms with E-state index >= 15 is 0 Å². The molecule has 4 N–H and O–H groups in total. The van der Waals surface area contributed by atoms with Gasteiger partial charge < -0.3 is 11.1 Å². The molecule has 7 heteroatoms. The van der Waals surface area contributed by atoms with E-state index in [-0.39, 0.29) is 5.54 Å². The number of H-pyrrole nitrogens is 1. The molecule has 3 aromatic rings. The Kier molecular flexibility index (Phi) is 3.50. The number of aryl methyl sites for hydroxylation is 1. The number of aromatic nitrogens is 5. The van der Waals surface area contributed by atoms with E-state index in [1.807, 2.05) is 26.8 Å². The molecular formula is C15H19N7. The lowest BCUT2D eigenvalue weighted by Crippen LogP contribution is -2.39. The molecule has 0 saturated carbocycles. The Hall–Kier alpha value is -2.54. The van der Waals surface area contributed by atoms with Crippen LogP contribution in [0.15, 0.2) is 24.7 Å². The summed E-state index contributed by atoms with van der Waals surface area (Å²) < 4.78 is 0. The van der Waals surface area contributed by atoms with Gasteiger partial charge in [-0.25, -0.2) is 9.97 Å². The van der Waals surface area contributed by atoms with Crippen molar-refractivity contribution in [3.8, 4) is 11.3 Å². The van der Waals surface area contributed by atoms with Crippen molar-refractivity contribution in [3.05, 3.63) is 30.4 Å². The fourth-order valence-electron chi connectivity index (χ4n) is 2.12. The number of pyridine rings is 1. The molecule has 0 aromatic carbocycles. The largest absolute Gasteiger partial charge is 0.363 e. The van der Waals surface area contributed by atoms with E-state index in [1.54, 1.807) is 18.6 Å². The first-order valence-corrected chi connectivity index (χ1v) is 7.10. The maximum absolute atomic E-state index is 5.74. The lowest BCUT2D eigenvalue weighted by molar-refractivity contribution is 0.577. The van der Waals surface area contributed by atoms with Gasteiger partial charge in [0.2, 0.25) is 0 Å². The van der Waals surface area contributed by atoms with Gasteiger partial charge in [-0.1, -0.05) is 0 Å². The molecule has 0 aliphatic rings. The summed E-state index contributed by atoms with van der Waals surface area (Å²) >= 11 is 0. The average Bonchev–Trinajstić information content (AvgIpc) is 2.88. The number of rotatable bonds is 4. The van der Waals surface area contributed by atoms with Crippen LogP contribution in [0.3, 0.4) is 0 Å². The van der Waals surface area contributed by atoms with Gasteiger partial charge in [0.05, 0.1) is 18.1 Å². The molecule has 3 aromatic heterocycles. The van der Waals surface area contributed by atoms with Crippen molar-refractivity contribution in [3.63, 3.8) is 0 Å². The van der Waals surface area contributed by atoms with Gasteiger partial charge >= 0.3 is 0 Å². The molecule has 7 nitrogen and oxygen atoms in total. The molecule has 0 aliphatic heterocycles. The Bertz CT molecular complexity index is 807. The van der Waals surface area contributed by atoms with Gasteiger partial charge in [-0.2, -0.15) is 5.10 Å². The molecule has 3 heterocycles. The summed E-state index contributed by atoms with van der Waals surface area (Å²) in [6.45, 7) is 6.50. The first-order chi connectivity index (χ1) is 10.5. The van der Waals surface area contributed by atoms with Crippen molar-refractivity contribution in [2.24, 2.45) is 5.73 Å². The third-order valence-corrected chi connectivity index (χ3v) is 3.51. The Morgan fingerprint density at radius 3 is 2.86 bits per heavy atom. The summed E-state index contributed by atoms with van der Waals surface area (Å²) in [6, 6.07) is 2.02. The molecule has 0 saturated heterocycles. The molecule has 0 unspecified atom stereocenters. The van der Waals surface area contributed by atoms with Crippen LogP contribution in [-0.4, -0.2) is 37.2 Å². The standard InChI is InChI=1S/C15H19N7/c1-9-11-4-10(5-18-14(11)22-21-9)12-6-17-7-13(19-12)20-15(2,3)8-16/h4-7H,8,16H2,1-3H3,(H,19,20)(H,18,21,22). The quantitative estimate of drug-likeness (QED) is 0.679. The van der Waals surface area contributed by atoms with Crippen LogP contribution in [0, 0.1) is 6.92 Å². The first-order valence-electron chi connectivity index (χ1n) is 7.10. The number of hydrogen-bond donors (Lipinski definition) is 3. The fourth-order valence-corrected chi connectivity index (χ4v) is 2.12. The zero-order chi connectivity index (χ0) is 15.7. The maximum Gasteiger partial charge on any atom is 0.181 e. The van der Waals surface area contributed by atoms with E-state index in [2.05, 4.69) is 30.5 Å². The number of anilines is 1. The van der Waals surface area contributed by atoms with Gasteiger partial charge in [0.15, 0.2) is 5.65 Å². The normalized spacial score (nSPS) is 11.8. The van der Waals surface area contributed by atoms with Gasteiger partial charge in [0.1, 0.15) is 5.82 Å². The molecule has 0 amide bonds. The van der Waals surface area contributed by atoms with Crippen LogP contribution in [-0.2, 0) is 0 Å². The Morgan fingerprint density at radius 1 is 1.27 bits per heavy atom. The van der Waals surface area contributed by atoms with Crippen molar-refractivity contribution in [1.29, 1.82) is 0 Å². The molecule has 3 rings (SSSR count). The van der Waals surface area contributed by atoms with Gasteiger partial charge in [0, 0.05) is 34.9 Å². The van der Waals surface area contributed by atoms with Crippen LogP contribution in [0.2, 0.25) is 0 Å². The minimum absolute atomic E-state index is 0.239. The molecule has 0 aliphatic carbocycles. The number of nitrogens with one attached hydrogen (secondary N) is 2. The third kappa shape index (κ3) is 2.75. The highest BCUT2D eigenvalue weighted by Gasteiger charge is 2.16. The van der Waals surface area contributed by atoms with Crippen LogP contribution in [0.4, 0.5) is 5.82 Å². The second kappa shape index (κ2) is 5.34. The highest BCUT2D eigenvalue weighted by molar-refractivity contribution is 5.82. The molecule has 0 bridgehead atoms. The minimum atomic E-state index is -0.239. The van der Waals surface area contributed by atoms with Crippen molar-refractivity contribution in [2.45, 2.75) is 26.3 Å². The maximum atomic E-state index is 5.74. The Morgan fingerprint density at radius 2 is 2.09 bits per heavy atom. The number of nitrogens with two attached hydrogens (primary N) is 1. The van der Waals surface area contributed by atoms with E-state index in [0.29, 0.717) is 18.0 Å². The van der Waals surface area contributed by atoms with Crippen LogP contribution < -0.4 is 11.1 Å². The minimum Gasteiger partial charge on any atom is -0.363 e. The predicted octanol–water partition coefficient (Wildman–Crippen LogP) is 1.87. The van der Waals surface area contributed by atoms with Gasteiger partial charge in [-0.15, -0.1) is 0 Å². The third-order valence-electron chi connectivity index (χ3n) is 3.51. The van der Waals surface area contributed by atoms with E-state index in [9.17, 15) is 0 Å². The lowest BCUT2D eigenvalue weighted by atomic mass is 10.1. The van der Waals surface area contributed by atoms with E-state index in [0.717, 1.165) is 22.3 Å². The number of fused-ring (bicyclic) bond motifs is 1. The van der Waals surface area contributed by atoms with Crippen LogP contribution >= 0.6 is 0 Å². The lowest BCUT2D eigenvalue weighted by Gasteiger charge is -2.24. The molecule has 22 heavy (non-hydrogen) atoms. The zero-order valence-corrected chi connectivity index (χ0v) is 12.9. The van der Waals surface area contributed by atoms with Crippen molar-refractivity contribution >= 4 is 16.9 Å². The number of nitrogens with zero attached hydrogens (tertiary/aromatic N) is 4. The molecule has 0 fully saturated rings. The Labute approximate surface area is 128 Å². The SMILES string of the molecule is Cc1[nH]nc2ncc(-c3cncc(NC(C)(C)CN)n3)cc12. The first kappa shape index (κ1) is 14.4. The van der Waals surface area contributed by atoms with Crippen LogP contribution in [0.5, 0.6) is 0 Å². The van der Waals surface area contributed by atoms with Crippen molar-refractivity contribution < 1.29 is 0 Å². The van der Waals surface area contributed by atoms with Gasteiger partial charge in [0.25, 0.3) is 0 Å². The molecule has 0 radical (unpaired) electrons. The van der Waals surface area contributed by atoms with E-state index in [1.165, 1.54) is 0 Å².